The van der Waals surface area contributed by atoms with Crippen molar-refractivity contribution in [3.8, 4) is 0 Å². The molecule has 0 fully saturated rings. The minimum atomic E-state index is -3.77. The van der Waals surface area contributed by atoms with Crippen LogP contribution in [0, 0.1) is 20.8 Å². The number of hydrogen-bond acceptors (Lipinski definition) is 4. The van der Waals surface area contributed by atoms with E-state index in [2.05, 4.69) is 5.32 Å². The first-order valence-corrected chi connectivity index (χ1v) is 13.7. The first-order valence-electron chi connectivity index (χ1n) is 11.9. The highest BCUT2D eigenvalue weighted by atomic mass is 32.2. The molecule has 7 nitrogen and oxygen atoms in total. The maximum atomic E-state index is 13.8. The van der Waals surface area contributed by atoms with Crippen LogP contribution in [0.3, 0.4) is 0 Å². The molecule has 0 aliphatic carbocycles. The van der Waals surface area contributed by atoms with E-state index in [0.29, 0.717) is 12.1 Å². The minimum absolute atomic E-state index is 0.200. The summed E-state index contributed by atoms with van der Waals surface area (Å²) >= 11 is 0. The van der Waals surface area contributed by atoms with E-state index in [0.717, 1.165) is 32.8 Å². The Labute approximate surface area is 210 Å². The van der Waals surface area contributed by atoms with Crippen molar-refractivity contribution in [1.29, 1.82) is 0 Å². The summed E-state index contributed by atoms with van der Waals surface area (Å²) in [5, 5.41) is 2.97. The van der Waals surface area contributed by atoms with E-state index in [4.69, 9.17) is 0 Å². The molecular formula is C27H39N3O4S. The lowest BCUT2D eigenvalue weighted by atomic mass is 10.0. The fraction of sp³-hybridized carbons (Fsp3) is 0.481. The topological polar surface area (TPSA) is 86.8 Å². The van der Waals surface area contributed by atoms with Gasteiger partial charge >= 0.3 is 0 Å². The second-order valence-corrected chi connectivity index (χ2v) is 12.0. The number of aryl methyl sites for hydroxylation is 3. The van der Waals surface area contributed by atoms with E-state index in [1.807, 2.05) is 90.9 Å². The van der Waals surface area contributed by atoms with Gasteiger partial charge in [0.1, 0.15) is 12.6 Å². The molecule has 0 radical (unpaired) electrons. The van der Waals surface area contributed by atoms with Gasteiger partial charge in [0, 0.05) is 12.1 Å². The molecule has 0 saturated carbocycles. The maximum absolute atomic E-state index is 13.8. The average Bonchev–Trinajstić information content (AvgIpc) is 2.72. The van der Waals surface area contributed by atoms with Crippen molar-refractivity contribution < 1.29 is 18.0 Å². The number of carbonyl (C=O) groups is 2. The maximum Gasteiger partial charge on any atom is 0.244 e. The third kappa shape index (κ3) is 7.56. The summed E-state index contributed by atoms with van der Waals surface area (Å²) in [6, 6.07) is 12.4. The largest absolute Gasteiger partial charge is 0.350 e. The van der Waals surface area contributed by atoms with Gasteiger partial charge in [0.15, 0.2) is 0 Å². The monoisotopic (exact) mass is 501 g/mol. The fourth-order valence-corrected chi connectivity index (χ4v) is 5.08. The fourth-order valence-electron chi connectivity index (χ4n) is 4.12. The smallest absolute Gasteiger partial charge is 0.244 e. The highest BCUT2D eigenvalue weighted by molar-refractivity contribution is 7.92. The molecule has 35 heavy (non-hydrogen) atoms. The van der Waals surface area contributed by atoms with E-state index in [1.54, 1.807) is 0 Å². The number of benzene rings is 2. The Morgan fingerprint density at radius 3 is 1.97 bits per heavy atom. The molecule has 0 saturated heterocycles. The Hall–Kier alpha value is -2.87. The molecule has 0 aromatic heterocycles. The zero-order valence-electron chi connectivity index (χ0n) is 22.2. The Balaban J connectivity index is 2.53. The van der Waals surface area contributed by atoms with Gasteiger partial charge in [-0.1, -0.05) is 49.4 Å². The standard InChI is InChI=1S/C27H39N3O4S/c1-9-23(26(32)28-27(5,6)7)29(17-22-16-11-10-13-19(22)2)24(31)18-30(35(8,33)34)25-20(3)14-12-15-21(25)4/h10-16,23H,9,17-18H2,1-8H3,(H,28,32)/t23-/m1/s1. The van der Waals surface area contributed by atoms with E-state index < -0.39 is 34.1 Å². The molecule has 1 atom stereocenters. The summed E-state index contributed by atoms with van der Waals surface area (Å²) in [5.74, 6) is -0.697. The van der Waals surface area contributed by atoms with Crippen LogP contribution in [0.15, 0.2) is 42.5 Å². The highest BCUT2D eigenvalue weighted by Gasteiger charge is 2.33. The molecule has 2 amide bonds. The number of nitrogens with one attached hydrogen (secondary N) is 1. The molecule has 0 unspecified atom stereocenters. The summed E-state index contributed by atoms with van der Waals surface area (Å²) in [7, 11) is -3.77. The van der Waals surface area contributed by atoms with Gasteiger partial charge in [0.25, 0.3) is 0 Å². The molecule has 0 spiro atoms. The summed E-state index contributed by atoms with van der Waals surface area (Å²) < 4.78 is 26.8. The predicted octanol–water partition coefficient (Wildman–Crippen LogP) is 4.10. The third-order valence-corrected chi connectivity index (χ3v) is 6.97. The van der Waals surface area contributed by atoms with Crippen LogP contribution >= 0.6 is 0 Å². The van der Waals surface area contributed by atoms with Crippen LogP contribution in [-0.4, -0.2) is 49.5 Å². The predicted molar refractivity (Wildman–Crippen MR) is 142 cm³/mol. The van der Waals surface area contributed by atoms with Crippen LogP contribution < -0.4 is 9.62 Å². The van der Waals surface area contributed by atoms with Crippen molar-refractivity contribution in [3.63, 3.8) is 0 Å². The molecule has 0 aliphatic rings. The molecule has 1 N–H and O–H groups in total. The lowest BCUT2D eigenvalue weighted by Crippen LogP contribution is -2.55. The molecule has 2 rings (SSSR count). The van der Waals surface area contributed by atoms with Crippen molar-refractivity contribution in [3.05, 3.63) is 64.7 Å². The number of amides is 2. The SMILES string of the molecule is CC[C@H](C(=O)NC(C)(C)C)N(Cc1ccccc1C)C(=O)CN(c1c(C)cccc1C)S(C)(=O)=O. The van der Waals surface area contributed by atoms with Crippen molar-refractivity contribution >= 4 is 27.5 Å². The summed E-state index contributed by atoms with van der Waals surface area (Å²) in [6.45, 7) is 12.9. The number of anilines is 1. The van der Waals surface area contributed by atoms with Crippen molar-refractivity contribution in [1.82, 2.24) is 10.2 Å². The average molecular weight is 502 g/mol. The number of rotatable bonds is 9. The van der Waals surface area contributed by atoms with Crippen LogP contribution in [-0.2, 0) is 26.2 Å². The van der Waals surface area contributed by atoms with Gasteiger partial charge in [-0.25, -0.2) is 8.42 Å². The molecule has 2 aromatic carbocycles. The second-order valence-electron chi connectivity index (χ2n) is 10.1. The zero-order valence-corrected chi connectivity index (χ0v) is 23.0. The van der Waals surface area contributed by atoms with Crippen LogP contribution in [0.5, 0.6) is 0 Å². The number of sulfonamides is 1. The van der Waals surface area contributed by atoms with Gasteiger partial charge in [-0.15, -0.1) is 0 Å². The van der Waals surface area contributed by atoms with E-state index in [1.165, 1.54) is 4.90 Å². The molecule has 2 aromatic rings. The highest BCUT2D eigenvalue weighted by Crippen LogP contribution is 2.27. The lowest BCUT2D eigenvalue weighted by Gasteiger charge is -2.35. The van der Waals surface area contributed by atoms with E-state index in [9.17, 15) is 18.0 Å². The number of para-hydroxylation sites is 1. The minimum Gasteiger partial charge on any atom is -0.350 e. The van der Waals surface area contributed by atoms with Crippen LogP contribution in [0.25, 0.3) is 0 Å². The number of hydrogen-bond donors (Lipinski definition) is 1. The first-order chi connectivity index (χ1) is 16.2. The van der Waals surface area contributed by atoms with Crippen LogP contribution in [0.2, 0.25) is 0 Å². The Morgan fingerprint density at radius 2 is 1.49 bits per heavy atom. The Bertz CT molecular complexity index is 1150. The second kappa shape index (κ2) is 11.2. The third-order valence-electron chi connectivity index (χ3n) is 5.85. The Morgan fingerprint density at radius 1 is 0.943 bits per heavy atom. The zero-order chi connectivity index (χ0) is 26.6. The summed E-state index contributed by atoms with van der Waals surface area (Å²) in [4.78, 5) is 28.6. The molecule has 8 heteroatoms. The van der Waals surface area contributed by atoms with Gasteiger partial charge in [-0.3, -0.25) is 13.9 Å². The molecule has 0 heterocycles. The van der Waals surface area contributed by atoms with Gasteiger partial charge in [0.05, 0.1) is 11.9 Å². The molecule has 0 bridgehead atoms. The number of nitrogens with zero attached hydrogens (tertiary/aromatic N) is 2. The lowest BCUT2D eigenvalue weighted by molar-refractivity contribution is -0.141. The van der Waals surface area contributed by atoms with Crippen molar-refractivity contribution in [2.75, 3.05) is 17.1 Å². The van der Waals surface area contributed by atoms with Gasteiger partial charge in [-0.2, -0.15) is 0 Å². The molecule has 192 valence electrons. The quantitative estimate of drug-likeness (QED) is 0.560. The normalized spacial score (nSPS) is 12.7. The van der Waals surface area contributed by atoms with Crippen LogP contribution in [0.4, 0.5) is 5.69 Å². The summed E-state index contributed by atoms with van der Waals surface area (Å²) in [6.07, 6.45) is 1.49. The van der Waals surface area contributed by atoms with E-state index in [-0.39, 0.29) is 12.5 Å². The van der Waals surface area contributed by atoms with E-state index >= 15 is 0 Å². The van der Waals surface area contributed by atoms with Gasteiger partial charge in [-0.05, 0) is 70.2 Å². The summed E-state index contributed by atoms with van der Waals surface area (Å²) in [5.41, 5.74) is 3.43. The number of carbonyl (C=O) groups excluding carboxylic acids is 2. The Kier molecular flexibility index (Phi) is 9.11. The van der Waals surface area contributed by atoms with Gasteiger partial charge in [0.2, 0.25) is 21.8 Å². The first kappa shape index (κ1) is 28.4. The van der Waals surface area contributed by atoms with Crippen LogP contribution in [0.1, 0.15) is 56.4 Å². The molecule has 0 aliphatic heterocycles. The van der Waals surface area contributed by atoms with Gasteiger partial charge < -0.3 is 10.2 Å². The van der Waals surface area contributed by atoms with Crippen molar-refractivity contribution in [2.45, 2.75) is 73.0 Å². The molecular weight excluding hydrogens is 462 g/mol. The van der Waals surface area contributed by atoms with Crippen molar-refractivity contribution in [2.24, 2.45) is 0 Å².